The van der Waals surface area contributed by atoms with Crippen molar-refractivity contribution in [3.8, 4) is 11.5 Å². The molecule has 3 aromatic rings. The van der Waals surface area contributed by atoms with Crippen molar-refractivity contribution in [1.29, 1.82) is 0 Å². The zero-order valence-electron chi connectivity index (χ0n) is 15.6. The number of carbonyl (C=O) groups excluding carboxylic acids is 2. The Kier molecular flexibility index (Phi) is 5.19. The molecule has 29 heavy (non-hydrogen) atoms. The van der Waals surface area contributed by atoms with E-state index >= 15 is 0 Å². The van der Waals surface area contributed by atoms with Gasteiger partial charge in [-0.15, -0.1) is 0 Å². The van der Waals surface area contributed by atoms with Crippen LogP contribution in [0.4, 0.5) is 0 Å². The number of esters is 1. The molecule has 0 aliphatic carbocycles. The fourth-order valence-corrected chi connectivity index (χ4v) is 3.39. The quantitative estimate of drug-likeness (QED) is 0.331. The van der Waals surface area contributed by atoms with E-state index in [2.05, 4.69) is 0 Å². The number of Topliss-reactive ketones (excluding diaryl/α,β-unsaturated/α-hetero) is 1. The number of halogens is 1. The van der Waals surface area contributed by atoms with Crippen molar-refractivity contribution in [1.82, 2.24) is 0 Å². The number of aryl methyl sites for hydroxylation is 1. The molecular formula is C24H17ClO4. The summed E-state index contributed by atoms with van der Waals surface area (Å²) >= 11 is 6.17. The minimum Gasteiger partial charge on any atom is -0.452 e. The van der Waals surface area contributed by atoms with E-state index in [-0.39, 0.29) is 23.9 Å². The molecule has 0 saturated carbocycles. The summed E-state index contributed by atoms with van der Waals surface area (Å²) in [6.45, 7) is 1.78. The number of ether oxygens (including phenoxy) is 2. The molecule has 144 valence electrons. The Morgan fingerprint density at radius 1 is 1.07 bits per heavy atom. The normalized spacial score (nSPS) is 13.9. The van der Waals surface area contributed by atoms with Crippen LogP contribution >= 0.6 is 11.6 Å². The van der Waals surface area contributed by atoms with Gasteiger partial charge in [0.1, 0.15) is 11.5 Å². The molecule has 0 radical (unpaired) electrons. The third-order valence-electron chi connectivity index (χ3n) is 4.56. The Hall–Kier alpha value is -3.37. The molecule has 1 aliphatic rings. The molecule has 5 heteroatoms. The van der Waals surface area contributed by atoms with E-state index < -0.39 is 0 Å². The summed E-state index contributed by atoms with van der Waals surface area (Å²) in [6.07, 6.45) is 1.78. The molecular weight excluding hydrogens is 388 g/mol. The van der Waals surface area contributed by atoms with Gasteiger partial charge in [-0.3, -0.25) is 9.59 Å². The van der Waals surface area contributed by atoms with E-state index in [1.165, 1.54) is 0 Å². The van der Waals surface area contributed by atoms with E-state index in [1.807, 2.05) is 42.5 Å². The lowest BCUT2D eigenvalue weighted by Gasteiger charge is -2.08. The van der Waals surface area contributed by atoms with Gasteiger partial charge in [-0.2, -0.15) is 0 Å². The van der Waals surface area contributed by atoms with Gasteiger partial charge in [-0.1, -0.05) is 60.1 Å². The molecule has 0 unspecified atom stereocenters. The largest absolute Gasteiger partial charge is 0.452 e. The molecule has 0 bridgehead atoms. The standard InChI is InChI=1S/C24H17ClO4/c1-15-11-18(28-22(26)12-16-7-3-2-4-8-16)14-20-23(15)24(27)21(29-20)13-17-9-5-6-10-19(17)25/h2-11,13-14H,12H2,1H3/b21-13-. The number of hydrogen-bond acceptors (Lipinski definition) is 4. The number of rotatable bonds is 4. The Bertz CT molecular complexity index is 1130. The van der Waals surface area contributed by atoms with Crippen molar-refractivity contribution in [2.75, 3.05) is 0 Å². The molecule has 3 aromatic carbocycles. The topological polar surface area (TPSA) is 52.6 Å². The lowest BCUT2D eigenvalue weighted by atomic mass is 10.0. The van der Waals surface area contributed by atoms with Crippen LogP contribution in [0.25, 0.3) is 6.08 Å². The Morgan fingerprint density at radius 2 is 1.79 bits per heavy atom. The zero-order chi connectivity index (χ0) is 20.4. The van der Waals surface area contributed by atoms with Crippen LogP contribution in [-0.2, 0) is 11.2 Å². The first-order chi connectivity index (χ1) is 14.0. The van der Waals surface area contributed by atoms with Crippen molar-refractivity contribution < 1.29 is 19.1 Å². The molecule has 0 N–H and O–H groups in total. The highest BCUT2D eigenvalue weighted by molar-refractivity contribution is 6.32. The Morgan fingerprint density at radius 3 is 2.55 bits per heavy atom. The number of allylic oxidation sites excluding steroid dienone is 1. The first-order valence-electron chi connectivity index (χ1n) is 9.09. The van der Waals surface area contributed by atoms with Crippen molar-refractivity contribution >= 4 is 29.4 Å². The Labute approximate surface area is 173 Å². The van der Waals surface area contributed by atoms with E-state index in [9.17, 15) is 9.59 Å². The van der Waals surface area contributed by atoms with Crippen molar-refractivity contribution in [2.45, 2.75) is 13.3 Å². The SMILES string of the molecule is Cc1cc(OC(=O)Cc2ccccc2)cc2c1C(=O)/C(=C/c1ccccc1Cl)O2. The summed E-state index contributed by atoms with van der Waals surface area (Å²) in [5.41, 5.74) is 2.70. The summed E-state index contributed by atoms with van der Waals surface area (Å²) in [7, 11) is 0. The van der Waals surface area contributed by atoms with Crippen LogP contribution in [0.3, 0.4) is 0 Å². The smallest absolute Gasteiger partial charge is 0.315 e. The maximum atomic E-state index is 12.8. The number of carbonyl (C=O) groups is 2. The summed E-state index contributed by atoms with van der Waals surface area (Å²) in [5.74, 6) is 0.292. The lowest BCUT2D eigenvalue weighted by molar-refractivity contribution is -0.133. The second-order valence-corrected chi connectivity index (χ2v) is 7.12. The van der Waals surface area contributed by atoms with E-state index in [4.69, 9.17) is 21.1 Å². The third-order valence-corrected chi connectivity index (χ3v) is 4.90. The fraction of sp³-hybridized carbons (Fsp3) is 0.0833. The van der Waals surface area contributed by atoms with E-state index in [1.54, 1.807) is 37.3 Å². The molecule has 0 fully saturated rings. The summed E-state index contributed by atoms with van der Waals surface area (Å²) in [6, 6.07) is 19.8. The summed E-state index contributed by atoms with van der Waals surface area (Å²) in [5, 5.41) is 0.527. The van der Waals surface area contributed by atoms with Crippen molar-refractivity contribution in [3.05, 3.63) is 99.8 Å². The van der Waals surface area contributed by atoms with Gasteiger partial charge in [0.05, 0.1) is 12.0 Å². The zero-order valence-corrected chi connectivity index (χ0v) is 16.4. The highest BCUT2D eigenvalue weighted by Gasteiger charge is 2.30. The third kappa shape index (κ3) is 4.08. The fourth-order valence-electron chi connectivity index (χ4n) is 3.20. The lowest BCUT2D eigenvalue weighted by Crippen LogP contribution is -2.11. The highest BCUT2D eigenvalue weighted by Crippen LogP contribution is 2.38. The molecule has 1 heterocycles. The molecule has 0 spiro atoms. The predicted molar refractivity (Wildman–Crippen MR) is 111 cm³/mol. The molecule has 4 nitrogen and oxygen atoms in total. The van der Waals surface area contributed by atoms with E-state index in [0.29, 0.717) is 33.2 Å². The maximum Gasteiger partial charge on any atom is 0.315 e. The van der Waals surface area contributed by atoms with Crippen LogP contribution in [0.15, 0.2) is 72.5 Å². The van der Waals surface area contributed by atoms with Crippen LogP contribution in [0, 0.1) is 6.92 Å². The number of ketones is 1. The van der Waals surface area contributed by atoms with Gasteiger partial charge in [0, 0.05) is 11.1 Å². The number of fused-ring (bicyclic) bond motifs is 1. The summed E-state index contributed by atoms with van der Waals surface area (Å²) < 4.78 is 11.2. The van der Waals surface area contributed by atoms with Gasteiger partial charge in [0.25, 0.3) is 0 Å². The highest BCUT2D eigenvalue weighted by atomic mass is 35.5. The summed E-state index contributed by atoms with van der Waals surface area (Å²) in [4.78, 5) is 25.0. The van der Waals surface area contributed by atoms with Gasteiger partial charge in [0.2, 0.25) is 5.78 Å². The molecule has 4 rings (SSSR count). The molecule has 0 amide bonds. The molecule has 0 saturated heterocycles. The number of hydrogen-bond donors (Lipinski definition) is 0. The minimum absolute atomic E-state index is 0.161. The average molecular weight is 405 g/mol. The van der Waals surface area contributed by atoms with Crippen LogP contribution in [0.1, 0.15) is 27.0 Å². The van der Waals surface area contributed by atoms with Crippen LogP contribution < -0.4 is 9.47 Å². The number of benzene rings is 3. The van der Waals surface area contributed by atoms with Gasteiger partial charge in [-0.25, -0.2) is 0 Å². The predicted octanol–water partition coefficient (Wildman–Crippen LogP) is 5.41. The van der Waals surface area contributed by atoms with Gasteiger partial charge < -0.3 is 9.47 Å². The maximum absolute atomic E-state index is 12.8. The second-order valence-electron chi connectivity index (χ2n) is 6.71. The Balaban J connectivity index is 1.56. The monoisotopic (exact) mass is 404 g/mol. The molecule has 0 aromatic heterocycles. The van der Waals surface area contributed by atoms with E-state index in [0.717, 1.165) is 5.56 Å². The van der Waals surface area contributed by atoms with Gasteiger partial charge >= 0.3 is 5.97 Å². The minimum atomic E-state index is -0.383. The van der Waals surface area contributed by atoms with Crippen molar-refractivity contribution in [2.24, 2.45) is 0 Å². The van der Waals surface area contributed by atoms with Gasteiger partial charge in [0.15, 0.2) is 5.76 Å². The van der Waals surface area contributed by atoms with Crippen LogP contribution in [0.2, 0.25) is 5.02 Å². The first kappa shape index (κ1) is 19.0. The van der Waals surface area contributed by atoms with Gasteiger partial charge in [-0.05, 0) is 41.8 Å². The first-order valence-corrected chi connectivity index (χ1v) is 9.47. The van der Waals surface area contributed by atoms with Crippen LogP contribution in [0.5, 0.6) is 11.5 Å². The van der Waals surface area contributed by atoms with Crippen LogP contribution in [-0.4, -0.2) is 11.8 Å². The van der Waals surface area contributed by atoms with Crippen molar-refractivity contribution in [3.63, 3.8) is 0 Å². The second kappa shape index (κ2) is 7.94. The molecule has 0 atom stereocenters. The average Bonchev–Trinajstić information content (AvgIpc) is 3.00. The molecule has 1 aliphatic heterocycles.